The summed E-state index contributed by atoms with van der Waals surface area (Å²) >= 11 is 0. The van der Waals surface area contributed by atoms with Crippen LogP contribution >= 0.6 is 0 Å². The fraction of sp³-hybridized carbons (Fsp3) is 0.353. The molecule has 2 aromatic rings. The lowest BCUT2D eigenvalue weighted by atomic mass is 10.1. The molecule has 0 bridgehead atoms. The standard InChI is InChI=1S/C17H21NO2/c1-12(9-10-15-7-5-4-6-8-15)18-17(19)16-11-13(2)20-14(16)3/h4-8,11-12H,9-10H2,1-3H3,(H,18,19)/t12-/m0/s1. The predicted octanol–water partition coefficient (Wildman–Crippen LogP) is 3.65. The summed E-state index contributed by atoms with van der Waals surface area (Å²) in [5.41, 5.74) is 1.93. The van der Waals surface area contributed by atoms with Gasteiger partial charge in [0.05, 0.1) is 5.56 Å². The van der Waals surface area contributed by atoms with Crippen molar-refractivity contribution in [2.45, 2.75) is 39.7 Å². The van der Waals surface area contributed by atoms with E-state index in [1.54, 1.807) is 6.07 Å². The highest BCUT2D eigenvalue weighted by Crippen LogP contribution is 2.14. The summed E-state index contributed by atoms with van der Waals surface area (Å²) in [6.45, 7) is 5.70. The third-order valence-electron chi connectivity index (χ3n) is 3.37. The van der Waals surface area contributed by atoms with Crippen molar-refractivity contribution >= 4 is 5.91 Å². The number of nitrogens with one attached hydrogen (secondary N) is 1. The van der Waals surface area contributed by atoms with Gasteiger partial charge in [-0.3, -0.25) is 4.79 Å². The first-order chi connectivity index (χ1) is 9.56. The number of hydrogen-bond acceptors (Lipinski definition) is 2. The molecule has 2 rings (SSSR count). The molecule has 1 N–H and O–H groups in total. The fourth-order valence-electron chi connectivity index (χ4n) is 2.26. The van der Waals surface area contributed by atoms with Crippen LogP contribution in [0.5, 0.6) is 0 Å². The Hall–Kier alpha value is -2.03. The van der Waals surface area contributed by atoms with Crippen molar-refractivity contribution in [1.82, 2.24) is 5.32 Å². The molecule has 0 aliphatic carbocycles. The van der Waals surface area contributed by atoms with Gasteiger partial charge in [0, 0.05) is 6.04 Å². The normalized spacial score (nSPS) is 12.2. The highest BCUT2D eigenvalue weighted by Gasteiger charge is 2.15. The highest BCUT2D eigenvalue weighted by atomic mass is 16.3. The van der Waals surface area contributed by atoms with Crippen LogP contribution in [0.4, 0.5) is 0 Å². The molecule has 0 unspecified atom stereocenters. The van der Waals surface area contributed by atoms with E-state index in [2.05, 4.69) is 17.4 Å². The lowest BCUT2D eigenvalue weighted by Crippen LogP contribution is -2.33. The maximum atomic E-state index is 12.1. The number of benzene rings is 1. The van der Waals surface area contributed by atoms with Crippen LogP contribution in [-0.4, -0.2) is 11.9 Å². The molecule has 0 radical (unpaired) electrons. The largest absolute Gasteiger partial charge is 0.466 e. The van der Waals surface area contributed by atoms with E-state index in [-0.39, 0.29) is 11.9 Å². The molecule has 1 atom stereocenters. The zero-order valence-corrected chi connectivity index (χ0v) is 12.3. The predicted molar refractivity (Wildman–Crippen MR) is 79.9 cm³/mol. The fourth-order valence-corrected chi connectivity index (χ4v) is 2.26. The molecule has 106 valence electrons. The van der Waals surface area contributed by atoms with Crippen molar-refractivity contribution in [2.75, 3.05) is 0 Å². The zero-order chi connectivity index (χ0) is 14.5. The van der Waals surface area contributed by atoms with Crippen LogP contribution < -0.4 is 5.32 Å². The van der Waals surface area contributed by atoms with E-state index in [9.17, 15) is 4.79 Å². The molecule has 1 amide bonds. The van der Waals surface area contributed by atoms with Gasteiger partial charge in [-0.05, 0) is 45.2 Å². The van der Waals surface area contributed by atoms with Crippen LogP contribution in [0.15, 0.2) is 40.8 Å². The molecular weight excluding hydrogens is 250 g/mol. The number of aryl methyl sites for hydroxylation is 3. The second-order valence-electron chi connectivity index (χ2n) is 5.23. The highest BCUT2D eigenvalue weighted by molar-refractivity contribution is 5.95. The quantitative estimate of drug-likeness (QED) is 0.902. The molecule has 0 aliphatic rings. The molecule has 20 heavy (non-hydrogen) atoms. The topological polar surface area (TPSA) is 42.2 Å². The van der Waals surface area contributed by atoms with Gasteiger partial charge < -0.3 is 9.73 Å². The molecule has 0 aliphatic heterocycles. The van der Waals surface area contributed by atoms with Crippen LogP contribution in [-0.2, 0) is 6.42 Å². The summed E-state index contributed by atoms with van der Waals surface area (Å²) in [6.07, 6.45) is 1.89. The molecular formula is C17H21NO2. The first kappa shape index (κ1) is 14.4. The summed E-state index contributed by atoms with van der Waals surface area (Å²) in [5.74, 6) is 1.39. The summed E-state index contributed by atoms with van der Waals surface area (Å²) < 4.78 is 5.39. The Kier molecular flexibility index (Phi) is 4.61. The van der Waals surface area contributed by atoms with Crippen LogP contribution in [0.2, 0.25) is 0 Å². The third kappa shape index (κ3) is 3.73. The molecule has 0 saturated carbocycles. The maximum absolute atomic E-state index is 12.1. The average molecular weight is 271 g/mol. The van der Waals surface area contributed by atoms with Crippen LogP contribution in [0.25, 0.3) is 0 Å². The Bertz CT molecular complexity index is 572. The van der Waals surface area contributed by atoms with E-state index in [1.807, 2.05) is 39.0 Å². The molecule has 1 heterocycles. The lowest BCUT2D eigenvalue weighted by molar-refractivity contribution is 0.0937. The van der Waals surface area contributed by atoms with Crippen LogP contribution in [0.3, 0.4) is 0 Å². The van der Waals surface area contributed by atoms with E-state index >= 15 is 0 Å². The first-order valence-corrected chi connectivity index (χ1v) is 6.98. The monoisotopic (exact) mass is 271 g/mol. The molecule has 0 spiro atoms. The molecule has 1 aromatic carbocycles. The average Bonchev–Trinajstić information content (AvgIpc) is 2.77. The van der Waals surface area contributed by atoms with Crippen LogP contribution in [0.1, 0.15) is 40.8 Å². The smallest absolute Gasteiger partial charge is 0.255 e. The van der Waals surface area contributed by atoms with Crippen LogP contribution in [0, 0.1) is 13.8 Å². The summed E-state index contributed by atoms with van der Waals surface area (Å²) in [6, 6.07) is 12.2. The van der Waals surface area contributed by atoms with Gasteiger partial charge in [0.15, 0.2) is 0 Å². The number of amides is 1. The number of carbonyl (C=O) groups is 1. The number of hydrogen-bond donors (Lipinski definition) is 1. The summed E-state index contributed by atoms with van der Waals surface area (Å²) in [7, 11) is 0. The Morgan fingerprint density at radius 2 is 1.95 bits per heavy atom. The maximum Gasteiger partial charge on any atom is 0.255 e. The van der Waals surface area contributed by atoms with Crippen molar-refractivity contribution < 1.29 is 9.21 Å². The molecule has 3 heteroatoms. The van der Waals surface area contributed by atoms with Crippen molar-refractivity contribution in [3.8, 4) is 0 Å². The second kappa shape index (κ2) is 6.42. The minimum atomic E-state index is -0.0556. The molecule has 1 aromatic heterocycles. The number of carbonyl (C=O) groups excluding carboxylic acids is 1. The van der Waals surface area contributed by atoms with Gasteiger partial charge in [-0.15, -0.1) is 0 Å². The van der Waals surface area contributed by atoms with E-state index < -0.39 is 0 Å². The third-order valence-corrected chi connectivity index (χ3v) is 3.37. The Labute approximate surface area is 120 Å². The van der Waals surface area contributed by atoms with Crippen molar-refractivity contribution in [1.29, 1.82) is 0 Å². The van der Waals surface area contributed by atoms with Gasteiger partial charge in [0.1, 0.15) is 11.5 Å². The Morgan fingerprint density at radius 3 is 2.55 bits per heavy atom. The molecule has 0 saturated heterocycles. The van der Waals surface area contributed by atoms with Gasteiger partial charge >= 0.3 is 0 Å². The van der Waals surface area contributed by atoms with E-state index in [0.717, 1.165) is 18.6 Å². The van der Waals surface area contributed by atoms with E-state index in [1.165, 1.54) is 5.56 Å². The second-order valence-corrected chi connectivity index (χ2v) is 5.23. The Balaban J connectivity index is 1.87. The minimum Gasteiger partial charge on any atom is -0.466 e. The van der Waals surface area contributed by atoms with Gasteiger partial charge in [0.25, 0.3) is 5.91 Å². The van der Waals surface area contributed by atoms with Gasteiger partial charge in [-0.1, -0.05) is 30.3 Å². The molecule has 0 fully saturated rings. The van der Waals surface area contributed by atoms with Gasteiger partial charge in [-0.2, -0.15) is 0 Å². The van der Waals surface area contributed by atoms with Crippen molar-refractivity contribution in [3.05, 3.63) is 59.0 Å². The summed E-state index contributed by atoms with van der Waals surface area (Å²) in [4.78, 5) is 12.1. The van der Waals surface area contributed by atoms with E-state index in [4.69, 9.17) is 4.42 Å². The lowest BCUT2D eigenvalue weighted by Gasteiger charge is -2.13. The van der Waals surface area contributed by atoms with Crippen molar-refractivity contribution in [3.63, 3.8) is 0 Å². The molecule has 3 nitrogen and oxygen atoms in total. The first-order valence-electron chi connectivity index (χ1n) is 6.98. The minimum absolute atomic E-state index is 0.0556. The Morgan fingerprint density at radius 1 is 1.25 bits per heavy atom. The van der Waals surface area contributed by atoms with Gasteiger partial charge in [0.2, 0.25) is 0 Å². The number of furan rings is 1. The summed E-state index contributed by atoms with van der Waals surface area (Å²) in [5, 5.41) is 3.02. The van der Waals surface area contributed by atoms with Gasteiger partial charge in [-0.25, -0.2) is 0 Å². The zero-order valence-electron chi connectivity index (χ0n) is 12.3. The SMILES string of the molecule is Cc1cc(C(=O)N[C@@H](C)CCc2ccccc2)c(C)o1. The van der Waals surface area contributed by atoms with Crippen molar-refractivity contribution in [2.24, 2.45) is 0 Å². The van der Waals surface area contributed by atoms with E-state index in [0.29, 0.717) is 11.3 Å². The number of rotatable bonds is 5.